The molecule has 96 valence electrons. The van der Waals surface area contributed by atoms with Gasteiger partial charge in [0.2, 0.25) is 5.91 Å². The van der Waals surface area contributed by atoms with Gasteiger partial charge in [-0.05, 0) is 32.1 Å². The number of hydrogen-bond donors (Lipinski definition) is 1. The summed E-state index contributed by atoms with van der Waals surface area (Å²) in [5, 5.41) is 0. The normalized spacial score (nSPS) is 30.3. The lowest BCUT2D eigenvalue weighted by molar-refractivity contribution is -0.138. The van der Waals surface area contributed by atoms with Crippen molar-refractivity contribution in [3.8, 4) is 0 Å². The molecule has 1 heterocycles. The van der Waals surface area contributed by atoms with E-state index < -0.39 is 0 Å². The maximum absolute atomic E-state index is 12.5. The lowest BCUT2D eigenvalue weighted by atomic mass is 10.0. The highest BCUT2D eigenvalue weighted by molar-refractivity contribution is 5.86. The first-order chi connectivity index (χ1) is 8.25. The van der Waals surface area contributed by atoms with Gasteiger partial charge in [0.25, 0.3) is 0 Å². The molecule has 0 radical (unpaired) electrons. The standard InChI is InChI=1S/C13H22N2O2/c14-9-13(4-5-13)12(16)15(11-1-2-11)7-10-3-6-17-8-10/h10-11H,1-9,14H2. The van der Waals surface area contributed by atoms with Crippen molar-refractivity contribution in [1.82, 2.24) is 4.90 Å². The van der Waals surface area contributed by atoms with Gasteiger partial charge in [0.15, 0.2) is 0 Å². The first kappa shape index (κ1) is 11.5. The molecule has 2 saturated carbocycles. The second-order valence-electron chi connectivity index (χ2n) is 5.90. The Morgan fingerprint density at radius 2 is 2.12 bits per heavy atom. The highest BCUT2D eigenvalue weighted by atomic mass is 16.5. The van der Waals surface area contributed by atoms with Crippen LogP contribution in [0.2, 0.25) is 0 Å². The van der Waals surface area contributed by atoms with E-state index in [1.165, 1.54) is 12.8 Å². The Balaban J connectivity index is 1.65. The van der Waals surface area contributed by atoms with Gasteiger partial charge in [0.1, 0.15) is 0 Å². The fourth-order valence-corrected chi connectivity index (χ4v) is 2.75. The lowest BCUT2D eigenvalue weighted by Crippen LogP contribution is -2.44. The predicted octanol–water partition coefficient (Wildman–Crippen LogP) is 0.753. The van der Waals surface area contributed by atoms with Gasteiger partial charge in [0.05, 0.1) is 12.0 Å². The summed E-state index contributed by atoms with van der Waals surface area (Å²) in [6.07, 6.45) is 5.45. The van der Waals surface area contributed by atoms with E-state index in [2.05, 4.69) is 4.90 Å². The molecule has 1 unspecified atom stereocenters. The Morgan fingerprint density at radius 3 is 2.59 bits per heavy atom. The summed E-state index contributed by atoms with van der Waals surface area (Å²) >= 11 is 0. The number of amides is 1. The van der Waals surface area contributed by atoms with Crippen LogP contribution in [-0.2, 0) is 9.53 Å². The number of rotatable bonds is 5. The maximum Gasteiger partial charge on any atom is 0.230 e. The summed E-state index contributed by atoms with van der Waals surface area (Å²) < 4.78 is 5.40. The third kappa shape index (κ3) is 2.20. The average Bonchev–Trinajstić information content (AvgIpc) is 3.26. The van der Waals surface area contributed by atoms with Crippen LogP contribution in [0.1, 0.15) is 32.1 Å². The van der Waals surface area contributed by atoms with Gasteiger partial charge in [-0.2, -0.15) is 0 Å². The van der Waals surface area contributed by atoms with Crippen LogP contribution in [-0.4, -0.2) is 43.2 Å². The van der Waals surface area contributed by atoms with Gasteiger partial charge < -0.3 is 15.4 Å². The van der Waals surface area contributed by atoms with Crippen LogP contribution in [0.15, 0.2) is 0 Å². The van der Waals surface area contributed by atoms with Crippen LogP contribution >= 0.6 is 0 Å². The summed E-state index contributed by atoms with van der Waals surface area (Å²) in [6, 6.07) is 0.507. The molecule has 2 N–H and O–H groups in total. The van der Waals surface area contributed by atoms with E-state index in [1.54, 1.807) is 0 Å². The molecule has 0 aromatic heterocycles. The molecule has 0 aromatic carbocycles. The highest BCUT2D eigenvalue weighted by Gasteiger charge is 2.52. The number of nitrogens with two attached hydrogens (primary N) is 1. The largest absolute Gasteiger partial charge is 0.381 e. The van der Waals surface area contributed by atoms with Crippen LogP contribution in [0.3, 0.4) is 0 Å². The van der Waals surface area contributed by atoms with Gasteiger partial charge in [0, 0.05) is 31.7 Å². The molecule has 3 fully saturated rings. The molecule has 1 saturated heterocycles. The van der Waals surface area contributed by atoms with E-state index in [4.69, 9.17) is 10.5 Å². The van der Waals surface area contributed by atoms with Crippen molar-refractivity contribution in [3.05, 3.63) is 0 Å². The van der Waals surface area contributed by atoms with E-state index in [-0.39, 0.29) is 5.41 Å². The third-order valence-electron chi connectivity index (χ3n) is 4.43. The van der Waals surface area contributed by atoms with Gasteiger partial charge in [-0.25, -0.2) is 0 Å². The predicted molar refractivity (Wildman–Crippen MR) is 64.4 cm³/mol. The van der Waals surface area contributed by atoms with Gasteiger partial charge in [-0.3, -0.25) is 4.79 Å². The number of nitrogens with zero attached hydrogens (tertiary/aromatic N) is 1. The molecule has 3 aliphatic rings. The molecule has 0 aromatic rings. The first-order valence-electron chi connectivity index (χ1n) is 6.84. The van der Waals surface area contributed by atoms with Crippen LogP contribution in [0.25, 0.3) is 0 Å². The zero-order chi connectivity index (χ0) is 11.9. The second kappa shape index (κ2) is 4.25. The molecule has 3 rings (SSSR count). The summed E-state index contributed by atoms with van der Waals surface area (Å²) in [7, 11) is 0. The van der Waals surface area contributed by atoms with E-state index in [1.807, 2.05) is 0 Å². The van der Waals surface area contributed by atoms with Gasteiger partial charge in [-0.15, -0.1) is 0 Å². The van der Waals surface area contributed by atoms with Crippen LogP contribution in [0.5, 0.6) is 0 Å². The molecular weight excluding hydrogens is 216 g/mol. The van der Waals surface area contributed by atoms with Gasteiger partial charge >= 0.3 is 0 Å². The van der Waals surface area contributed by atoms with Crippen molar-refractivity contribution in [2.75, 3.05) is 26.3 Å². The zero-order valence-corrected chi connectivity index (χ0v) is 10.4. The number of carbonyl (C=O) groups excluding carboxylic acids is 1. The molecule has 1 atom stereocenters. The number of ether oxygens (including phenoxy) is 1. The van der Waals surface area contributed by atoms with E-state index >= 15 is 0 Å². The maximum atomic E-state index is 12.5. The topological polar surface area (TPSA) is 55.6 Å². The van der Waals surface area contributed by atoms with E-state index in [9.17, 15) is 4.79 Å². The molecule has 17 heavy (non-hydrogen) atoms. The summed E-state index contributed by atoms with van der Waals surface area (Å²) in [5.41, 5.74) is 5.59. The summed E-state index contributed by atoms with van der Waals surface area (Å²) in [4.78, 5) is 14.7. The zero-order valence-electron chi connectivity index (χ0n) is 10.4. The SMILES string of the molecule is NCC1(C(=O)N(CC2CCOC2)C2CC2)CC1. The fraction of sp³-hybridized carbons (Fsp3) is 0.923. The molecule has 2 aliphatic carbocycles. The molecule has 1 aliphatic heterocycles. The van der Waals surface area contributed by atoms with Crippen molar-refractivity contribution in [2.45, 2.75) is 38.1 Å². The van der Waals surface area contributed by atoms with Crippen LogP contribution < -0.4 is 5.73 Å². The van der Waals surface area contributed by atoms with Crippen molar-refractivity contribution in [1.29, 1.82) is 0 Å². The molecule has 4 nitrogen and oxygen atoms in total. The Morgan fingerprint density at radius 1 is 1.35 bits per heavy atom. The average molecular weight is 238 g/mol. The monoisotopic (exact) mass is 238 g/mol. The fourth-order valence-electron chi connectivity index (χ4n) is 2.75. The third-order valence-corrected chi connectivity index (χ3v) is 4.43. The Labute approximate surface area is 102 Å². The summed E-state index contributed by atoms with van der Waals surface area (Å²) in [6.45, 7) is 3.10. The van der Waals surface area contributed by atoms with Crippen molar-refractivity contribution < 1.29 is 9.53 Å². The quantitative estimate of drug-likeness (QED) is 0.769. The molecule has 0 spiro atoms. The number of hydrogen-bond acceptors (Lipinski definition) is 3. The van der Waals surface area contributed by atoms with Crippen molar-refractivity contribution in [3.63, 3.8) is 0 Å². The molecule has 0 bridgehead atoms. The summed E-state index contributed by atoms with van der Waals surface area (Å²) in [5.74, 6) is 0.877. The van der Waals surface area contributed by atoms with Crippen LogP contribution in [0, 0.1) is 11.3 Å². The minimum absolute atomic E-state index is 0.179. The van der Waals surface area contributed by atoms with Gasteiger partial charge in [-0.1, -0.05) is 0 Å². The smallest absolute Gasteiger partial charge is 0.230 e. The molecule has 4 heteroatoms. The molecular formula is C13H22N2O2. The Hall–Kier alpha value is -0.610. The minimum Gasteiger partial charge on any atom is -0.381 e. The van der Waals surface area contributed by atoms with E-state index in [0.29, 0.717) is 24.4 Å². The first-order valence-corrected chi connectivity index (χ1v) is 6.84. The van der Waals surface area contributed by atoms with Crippen LogP contribution in [0.4, 0.5) is 0 Å². The Kier molecular flexibility index (Phi) is 2.87. The van der Waals surface area contributed by atoms with Crippen molar-refractivity contribution in [2.24, 2.45) is 17.1 Å². The number of carbonyl (C=O) groups is 1. The van der Waals surface area contributed by atoms with E-state index in [0.717, 1.165) is 39.0 Å². The second-order valence-corrected chi connectivity index (χ2v) is 5.90. The lowest BCUT2D eigenvalue weighted by Gasteiger charge is -2.29. The highest BCUT2D eigenvalue weighted by Crippen LogP contribution is 2.48. The minimum atomic E-state index is -0.179. The molecule has 1 amide bonds. The van der Waals surface area contributed by atoms with Crippen molar-refractivity contribution >= 4 is 5.91 Å². The Bertz CT molecular complexity index is 305.